The molecule has 0 spiro atoms. The van der Waals surface area contributed by atoms with E-state index in [1.807, 2.05) is 6.33 Å². The molecule has 0 aliphatic heterocycles. The maximum Gasteiger partial charge on any atom is 0.220 e. The third-order valence-electron chi connectivity index (χ3n) is 4.98. The zero-order chi connectivity index (χ0) is 17.6. The number of amides is 1. The standard InChI is InChI=1S/C20H28N4O/c1-15-10-16(2)12-17(11-15)8-9-20(25)21-13-19-23-22-14-24(19)18-6-4-3-5-7-18/h10-12,14,18H,3-9,13H2,1-2H3,(H,21,25). The summed E-state index contributed by atoms with van der Waals surface area (Å²) in [5, 5.41) is 11.3. The summed E-state index contributed by atoms with van der Waals surface area (Å²) in [6.07, 6.45) is 9.31. The third-order valence-corrected chi connectivity index (χ3v) is 4.98. The second-order valence-electron chi connectivity index (χ2n) is 7.22. The molecular weight excluding hydrogens is 312 g/mol. The van der Waals surface area contributed by atoms with E-state index in [0.29, 0.717) is 19.0 Å². The molecule has 0 atom stereocenters. The summed E-state index contributed by atoms with van der Waals surface area (Å²) in [5.74, 6) is 0.934. The number of carbonyl (C=O) groups excluding carboxylic acids is 1. The Morgan fingerprint density at radius 2 is 1.88 bits per heavy atom. The van der Waals surface area contributed by atoms with Crippen LogP contribution in [-0.2, 0) is 17.8 Å². The molecule has 1 aromatic heterocycles. The van der Waals surface area contributed by atoms with Crippen LogP contribution < -0.4 is 5.32 Å². The summed E-state index contributed by atoms with van der Waals surface area (Å²) in [6.45, 7) is 4.64. The molecule has 0 unspecified atom stereocenters. The Balaban J connectivity index is 1.50. The van der Waals surface area contributed by atoms with Crippen LogP contribution in [0.3, 0.4) is 0 Å². The zero-order valence-electron chi connectivity index (χ0n) is 15.3. The van der Waals surface area contributed by atoms with E-state index in [4.69, 9.17) is 0 Å². The van der Waals surface area contributed by atoms with Crippen LogP contribution in [0, 0.1) is 13.8 Å². The van der Waals surface area contributed by atoms with Gasteiger partial charge in [-0.25, -0.2) is 0 Å². The van der Waals surface area contributed by atoms with Crippen LogP contribution in [0.2, 0.25) is 0 Å². The zero-order valence-corrected chi connectivity index (χ0v) is 15.3. The summed E-state index contributed by atoms with van der Waals surface area (Å²) in [6, 6.07) is 6.95. The Morgan fingerprint density at radius 1 is 1.16 bits per heavy atom. The van der Waals surface area contributed by atoms with Crippen molar-refractivity contribution in [3.8, 4) is 0 Å². The lowest BCUT2D eigenvalue weighted by molar-refractivity contribution is -0.121. The number of aryl methyl sites for hydroxylation is 3. The molecule has 2 aromatic rings. The van der Waals surface area contributed by atoms with Crippen molar-refractivity contribution in [2.45, 2.75) is 71.4 Å². The molecule has 0 radical (unpaired) electrons. The van der Waals surface area contributed by atoms with Crippen molar-refractivity contribution in [3.05, 3.63) is 47.0 Å². The highest BCUT2D eigenvalue weighted by Crippen LogP contribution is 2.28. The predicted octanol–water partition coefficient (Wildman–Crippen LogP) is 3.65. The second-order valence-corrected chi connectivity index (χ2v) is 7.22. The summed E-state index contributed by atoms with van der Waals surface area (Å²) < 4.78 is 2.16. The van der Waals surface area contributed by atoms with Gasteiger partial charge in [-0.1, -0.05) is 48.6 Å². The molecule has 1 aliphatic rings. The lowest BCUT2D eigenvalue weighted by Crippen LogP contribution is -2.26. The highest BCUT2D eigenvalue weighted by Gasteiger charge is 2.18. The minimum Gasteiger partial charge on any atom is -0.349 e. The van der Waals surface area contributed by atoms with Crippen LogP contribution in [0.1, 0.15) is 67.1 Å². The molecule has 5 nitrogen and oxygen atoms in total. The quantitative estimate of drug-likeness (QED) is 0.873. The van der Waals surface area contributed by atoms with Crippen LogP contribution >= 0.6 is 0 Å². The van der Waals surface area contributed by atoms with Crippen LogP contribution in [0.5, 0.6) is 0 Å². The average Bonchev–Trinajstić information content (AvgIpc) is 3.07. The van der Waals surface area contributed by atoms with E-state index < -0.39 is 0 Å². The first-order valence-electron chi connectivity index (χ1n) is 9.34. The monoisotopic (exact) mass is 340 g/mol. The lowest BCUT2D eigenvalue weighted by atomic mass is 9.95. The van der Waals surface area contributed by atoms with Crippen molar-refractivity contribution >= 4 is 5.91 Å². The average molecular weight is 340 g/mol. The van der Waals surface area contributed by atoms with Crippen molar-refractivity contribution in [2.75, 3.05) is 0 Å². The van der Waals surface area contributed by atoms with Crippen molar-refractivity contribution < 1.29 is 4.79 Å². The van der Waals surface area contributed by atoms with Gasteiger partial charge in [-0.05, 0) is 38.7 Å². The second kappa shape index (κ2) is 8.28. The molecular formula is C20H28N4O. The molecule has 1 aliphatic carbocycles. The number of hydrogen-bond acceptors (Lipinski definition) is 3. The summed E-state index contributed by atoms with van der Waals surface area (Å²) in [5.41, 5.74) is 3.71. The van der Waals surface area contributed by atoms with Crippen molar-refractivity contribution in [2.24, 2.45) is 0 Å². The number of nitrogens with one attached hydrogen (secondary N) is 1. The molecule has 1 saturated carbocycles. The van der Waals surface area contributed by atoms with Gasteiger partial charge in [-0.3, -0.25) is 4.79 Å². The highest BCUT2D eigenvalue weighted by molar-refractivity contribution is 5.76. The van der Waals surface area contributed by atoms with Gasteiger partial charge in [0.1, 0.15) is 6.33 Å². The fourth-order valence-corrected chi connectivity index (χ4v) is 3.79. The fourth-order valence-electron chi connectivity index (χ4n) is 3.79. The van der Waals surface area contributed by atoms with Gasteiger partial charge in [-0.2, -0.15) is 0 Å². The van der Waals surface area contributed by atoms with E-state index in [9.17, 15) is 4.79 Å². The molecule has 0 bridgehead atoms. The van der Waals surface area contributed by atoms with Gasteiger partial charge >= 0.3 is 0 Å². The molecule has 1 aromatic carbocycles. The molecule has 3 rings (SSSR count). The summed E-state index contributed by atoms with van der Waals surface area (Å²) >= 11 is 0. The van der Waals surface area contributed by atoms with Gasteiger partial charge in [-0.15, -0.1) is 10.2 Å². The SMILES string of the molecule is Cc1cc(C)cc(CCC(=O)NCc2nncn2C2CCCCC2)c1. The van der Waals surface area contributed by atoms with E-state index >= 15 is 0 Å². The largest absolute Gasteiger partial charge is 0.349 e. The lowest BCUT2D eigenvalue weighted by Gasteiger charge is -2.24. The number of aromatic nitrogens is 3. The normalized spacial score (nSPS) is 15.3. The maximum atomic E-state index is 12.2. The number of nitrogens with zero attached hydrogens (tertiary/aromatic N) is 3. The van der Waals surface area contributed by atoms with Gasteiger partial charge in [0.2, 0.25) is 5.91 Å². The van der Waals surface area contributed by atoms with Gasteiger partial charge in [0.15, 0.2) is 5.82 Å². The molecule has 1 N–H and O–H groups in total. The van der Waals surface area contributed by atoms with Gasteiger partial charge in [0.05, 0.1) is 6.54 Å². The van der Waals surface area contributed by atoms with Crippen LogP contribution in [0.4, 0.5) is 0 Å². The Hall–Kier alpha value is -2.17. The first kappa shape index (κ1) is 17.6. The minimum atomic E-state index is 0.0670. The number of hydrogen-bond donors (Lipinski definition) is 1. The van der Waals surface area contributed by atoms with Gasteiger partial charge in [0, 0.05) is 12.5 Å². The first-order valence-corrected chi connectivity index (χ1v) is 9.34. The molecule has 1 heterocycles. The fraction of sp³-hybridized carbons (Fsp3) is 0.550. The predicted molar refractivity (Wildman–Crippen MR) is 98.2 cm³/mol. The Kier molecular flexibility index (Phi) is 5.84. The first-order chi connectivity index (χ1) is 12.1. The Bertz CT molecular complexity index is 696. The van der Waals surface area contributed by atoms with Crippen molar-refractivity contribution in [3.63, 3.8) is 0 Å². The van der Waals surface area contributed by atoms with Crippen molar-refractivity contribution in [1.82, 2.24) is 20.1 Å². The van der Waals surface area contributed by atoms with Gasteiger partial charge < -0.3 is 9.88 Å². The molecule has 5 heteroatoms. The molecule has 134 valence electrons. The van der Waals surface area contributed by atoms with E-state index in [1.54, 1.807) is 0 Å². The van der Waals surface area contributed by atoms with E-state index in [-0.39, 0.29) is 5.91 Å². The smallest absolute Gasteiger partial charge is 0.220 e. The van der Waals surface area contributed by atoms with E-state index in [0.717, 1.165) is 12.2 Å². The number of benzene rings is 1. The maximum absolute atomic E-state index is 12.2. The number of rotatable bonds is 6. The minimum absolute atomic E-state index is 0.0670. The van der Waals surface area contributed by atoms with Crippen LogP contribution in [0.15, 0.2) is 24.5 Å². The van der Waals surface area contributed by atoms with Crippen LogP contribution in [0.25, 0.3) is 0 Å². The summed E-state index contributed by atoms with van der Waals surface area (Å²) in [4.78, 5) is 12.2. The topological polar surface area (TPSA) is 59.8 Å². The summed E-state index contributed by atoms with van der Waals surface area (Å²) in [7, 11) is 0. The third kappa shape index (κ3) is 4.91. The Labute approximate surface area is 149 Å². The van der Waals surface area contributed by atoms with E-state index in [2.05, 4.69) is 52.1 Å². The Morgan fingerprint density at radius 3 is 2.60 bits per heavy atom. The van der Waals surface area contributed by atoms with Crippen LogP contribution in [-0.4, -0.2) is 20.7 Å². The molecule has 1 fully saturated rings. The van der Waals surface area contributed by atoms with E-state index in [1.165, 1.54) is 48.8 Å². The van der Waals surface area contributed by atoms with Crippen molar-refractivity contribution in [1.29, 1.82) is 0 Å². The number of carbonyl (C=O) groups is 1. The molecule has 25 heavy (non-hydrogen) atoms. The molecule has 1 amide bonds. The highest BCUT2D eigenvalue weighted by atomic mass is 16.1. The molecule has 0 saturated heterocycles. The van der Waals surface area contributed by atoms with Gasteiger partial charge in [0.25, 0.3) is 0 Å².